The summed E-state index contributed by atoms with van der Waals surface area (Å²) in [5, 5.41) is 0. The summed E-state index contributed by atoms with van der Waals surface area (Å²) in [6, 6.07) is 3.82. The van der Waals surface area contributed by atoms with Gasteiger partial charge in [0.2, 0.25) is 0 Å². The van der Waals surface area contributed by atoms with Gasteiger partial charge in [0.05, 0.1) is 6.26 Å². The first-order chi connectivity index (χ1) is 5.42. The normalized spacial score (nSPS) is 27.6. The predicted octanol–water partition coefficient (Wildman–Crippen LogP) is 1.77. The number of rotatable bonds is 2. The number of carbonyl (C=O) groups excluding carboxylic acids is 1. The Labute approximate surface area is 64.5 Å². The predicted molar refractivity (Wildman–Crippen MR) is 39.8 cm³/mol. The third-order valence-electron chi connectivity index (χ3n) is 2.03. The number of allylic oxidation sites excluding steroid dienone is 1. The molecule has 1 fully saturated rings. The van der Waals surface area contributed by atoms with Crippen LogP contribution in [0, 0.1) is 5.92 Å². The van der Waals surface area contributed by atoms with Crippen LogP contribution in [0.3, 0.4) is 0 Å². The molecule has 1 heterocycles. The second-order valence-electron chi connectivity index (χ2n) is 2.81. The molecular weight excluding hydrogens is 140 g/mol. The molecule has 0 spiro atoms. The van der Waals surface area contributed by atoms with Gasteiger partial charge in [-0.05, 0) is 24.5 Å². The summed E-state index contributed by atoms with van der Waals surface area (Å²) < 4.78 is 5.18. The Morgan fingerprint density at radius 3 is 3.27 bits per heavy atom. The molecule has 1 aliphatic rings. The van der Waals surface area contributed by atoms with E-state index >= 15 is 0 Å². The maximum Gasteiger partial charge on any atom is 0.120 e. The van der Waals surface area contributed by atoms with Gasteiger partial charge in [-0.1, -0.05) is 0 Å². The molecule has 1 aromatic heterocycles. The number of furan rings is 1. The molecular formula is C9H8O2. The second-order valence-corrected chi connectivity index (χ2v) is 2.81. The van der Waals surface area contributed by atoms with E-state index in [1.165, 1.54) is 0 Å². The van der Waals surface area contributed by atoms with E-state index in [0.29, 0.717) is 11.8 Å². The molecule has 2 nitrogen and oxygen atoms in total. The first-order valence-corrected chi connectivity index (χ1v) is 3.66. The summed E-state index contributed by atoms with van der Waals surface area (Å²) in [6.45, 7) is 0. The van der Waals surface area contributed by atoms with Crippen LogP contribution in [0.15, 0.2) is 28.9 Å². The highest BCUT2D eigenvalue weighted by Crippen LogP contribution is 2.47. The molecule has 0 N–H and O–H groups in total. The SMILES string of the molecule is O=C=CC1CC1c1ccco1. The molecule has 2 atom stereocenters. The van der Waals surface area contributed by atoms with Gasteiger partial charge in [0.1, 0.15) is 11.7 Å². The Kier molecular flexibility index (Phi) is 1.41. The highest BCUT2D eigenvalue weighted by atomic mass is 16.3. The Bertz CT molecular complexity index is 281. The lowest BCUT2D eigenvalue weighted by Gasteiger charge is -1.86. The van der Waals surface area contributed by atoms with Gasteiger partial charge in [0.25, 0.3) is 0 Å². The molecule has 0 bridgehead atoms. The molecule has 1 saturated carbocycles. The van der Waals surface area contributed by atoms with E-state index in [0.717, 1.165) is 12.2 Å². The first kappa shape index (κ1) is 6.44. The Morgan fingerprint density at radius 2 is 2.64 bits per heavy atom. The van der Waals surface area contributed by atoms with E-state index in [9.17, 15) is 4.79 Å². The van der Waals surface area contributed by atoms with Crippen molar-refractivity contribution in [2.45, 2.75) is 12.3 Å². The molecule has 2 unspecified atom stereocenters. The molecule has 2 heteroatoms. The van der Waals surface area contributed by atoms with Crippen LogP contribution in [0.25, 0.3) is 0 Å². The standard InChI is InChI=1S/C9H8O2/c10-4-3-7-6-8(7)9-2-1-5-11-9/h1-3,5,7-8H,6H2. The van der Waals surface area contributed by atoms with Crippen LogP contribution in [-0.4, -0.2) is 5.94 Å². The maximum atomic E-state index is 9.96. The fraction of sp³-hybridized carbons (Fsp3) is 0.333. The van der Waals surface area contributed by atoms with Crippen LogP contribution in [0.5, 0.6) is 0 Å². The molecule has 0 saturated heterocycles. The topological polar surface area (TPSA) is 30.2 Å². The van der Waals surface area contributed by atoms with Gasteiger partial charge in [0.15, 0.2) is 0 Å². The quantitative estimate of drug-likeness (QED) is 0.598. The zero-order chi connectivity index (χ0) is 7.68. The second kappa shape index (κ2) is 2.40. The van der Waals surface area contributed by atoms with Crippen molar-refractivity contribution in [3.05, 3.63) is 30.2 Å². The smallest absolute Gasteiger partial charge is 0.120 e. The molecule has 0 amide bonds. The van der Waals surface area contributed by atoms with Gasteiger partial charge in [-0.15, -0.1) is 0 Å². The third-order valence-corrected chi connectivity index (χ3v) is 2.03. The van der Waals surface area contributed by atoms with Crippen molar-refractivity contribution in [2.24, 2.45) is 5.92 Å². The molecule has 2 rings (SSSR count). The number of hydrogen-bond donors (Lipinski definition) is 0. The van der Waals surface area contributed by atoms with Crippen molar-refractivity contribution in [3.63, 3.8) is 0 Å². The lowest BCUT2D eigenvalue weighted by Crippen LogP contribution is -1.75. The molecule has 0 radical (unpaired) electrons. The van der Waals surface area contributed by atoms with Crippen molar-refractivity contribution in [1.82, 2.24) is 0 Å². The minimum absolute atomic E-state index is 0.374. The average molecular weight is 148 g/mol. The zero-order valence-corrected chi connectivity index (χ0v) is 5.99. The Morgan fingerprint density at radius 1 is 1.73 bits per heavy atom. The van der Waals surface area contributed by atoms with Gasteiger partial charge < -0.3 is 4.42 Å². The Balaban J connectivity index is 2.07. The lowest BCUT2D eigenvalue weighted by atomic mass is 10.2. The van der Waals surface area contributed by atoms with Gasteiger partial charge in [-0.25, -0.2) is 4.79 Å². The maximum absolute atomic E-state index is 9.96. The van der Waals surface area contributed by atoms with Crippen LogP contribution in [-0.2, 0) is 4.79 Å². The fourth-order valence-electron chi connectivity index (χ4n) is 1.32. The highest BCUT2D eigenvalue weighted by Gasteiger charge is 2.38. The molecule has 1 aromatic rings. The summed E-state index contributed by atoms with van der Waals surface area (Å²) in [5.41, 5.74) is 0. The molecule has 1 aliphatic carbocycles. The van der Waals surface area contributed by atoms with Crippen molar-refractivity contribution in [2.75, 3.05) is 0 Å². The lowest BCUT2D eigenvalue weighted by molar-refractivity contribution is 0.508. The summed E-state index contributed by atoms with van der Waals surface area (Å²) in [5.74, 6) is 3.60. The van der Waals surface area contributed by atoms with Gasteiger partial charge in [-0.3, -0.25) is 0 Å². The first-order valence-electron chi connectivity index (χ1n) is 3.66. The van der Waals surface area contributed by atoms with Crippen LogP contribution in [0.2, 0.25) is 0 Å². The summed E-state index contributed by atoms with van der Waals surface area (Å²) in [6.07, 6.45) is 4.27. The van der Waals surface area contributed by atoms with Crippen molar-refractivity contribution in [3.8, 4) is 0 Å². The van der Waals surface area contributed by atoms with Crippen LogP contribution in [0.4, 0.5) is 0 Å². The summed E-state index contributed by atoms with van der Waals surface area (Å²) >= 11 is 0. The average Bonchev–Trinajstić information content (AvgIpc) is 2.61. The minimum Gasteiger partial charge on any atom is -0.469 e. The number of hydrogen-bond acceptors (Lipinski definition) is 2. The monoisotopic (exact) mass is 148 g/mol. The summed E-state index contributed by atoms with van der Waals surface area (Å²) in [7, 11) is 0. The van der Waals surface area contributed by atoms with Crippen molar-refractivity contribution >= 4 is 5.94 Å². The van der Waals surface area contributed by atoms with E-state index in [4.69, 9.17) is 4.42 Å². The van der Waals surface area contributed by atoms with Crippen molar-refractivity contribution < 1.29 is 9.21 Å². The van der Waals surface area contributed by atoms with Crippen molar-refractivity contribution in [1.29, 1.82) is 0 Å². The molecule has 0 aliphatic heterocycles. The third kappa shape index (κ3) is 1.13. The van der Waals surface area contributed by atoms with Crippen LogP contribution in [0.1, 0.15) is 18.1 Å². The van der Waals surface area contributed by atoms with E-state index in [1.807, 2.05) is 12.1 Å². The minimum atomic E-state index is 0.374. The molecule has 11 heavy (non-hydrogen) atoms. The van der Waals surface area contributed by atoms with Gasteiger partial charge in [-0.2, -0.15) is 0 Å². The van der Waals surface area contributed by atoms with E-state index in [-0.39, 0.29) is 0 Å². The van der Waals surface area contributed by atoms with Crippen LogP contribution >= 0.6 is 0 Å². The highest BCUT2D eigenvalue weighted by molar-refractivity contribution is 5.48. The van der Waals surface area contributed by atoms with E-state index in [2.05, 4.69) is 0 Å². The summed E-state index contributed by atoms with van der Waals surface area (Å²) in [4.78, 5) is 9.96. The molecule has 56 valence electrons. The zero-order valence-electron chi connectivity index (χ0n) is 5.99. The van der Waals surface area contributed by atoms with Gasteiger partial charge in [0, 0.05) is 12.0 Å². The van der Waals surface area contributed by atoms with Crippen LogP contribution < -0.4 is 0 Å². The molecule has 0 aromatic carbocycles. The Hall–Kier alpha value is -1.27. The van der Waals surface area contributed by atoms with E-state index < -0.39 is 0 Å². The fourth-order valence-corrected chi connectivity index (χ4v) is 1.32. The van der Waals surface area contributed by atoms with E-state index in [1.54, 1.807) is 18.3 Å². The largest absolute Gasteiger partial charge is 0.469 e. The van der Waals surface area contributed by atoms with Gasteiger partial charge >= 0.3 is 0 Å².